The van der Waals surface area contributed by atoms with Gasteiger partial charge in [0, 0.05) is 31.7 Å². The van der Waals surface area contributed by atoms with E-state index in [1.54, 1.807) is 55.4 Å². The van der Waals surface area contributed by atoms with Crippen LogP contribution in [-0.4, -0.2) is 62.7 Å². The third kappa shape index (κ3) is 4.24. The predicted molar refractivity (Wildman–Crippen MR) is 123 cm³/mol. The molecule has 1 amide bonds. The molecule has 0 aliphatic carbocycles. The summed E-state index contributed by atoms with van der Waals surface area (Å²) >= 11 is 1.61. The second-order valence-electron chi connectivity index (χ2n) is 7.73. The van der Waals surface area contributed by atoms with Crippen molar-refractivity contribution in [3.05, 3.63) is 48.0 Å². The van der Waals surface area contributed by atoms with Crippen molar-refractivity contribution in [2.24, 2.45) is 0 Å². The van der Waals surface area contributed by atoms with Crippen LogP contribution in [0.4, 0.5) is 5.13 Å². The highest BCUT2D eigenvalue weighted by atomic mass is 32.2. The highest BCUT2D eigenvalue weighted by Crippen LogP contribution is 2.32. The van der Waals surface area contributed by atoms with E-state index in [0.717, 1.165) is 21.1 Å². The maximum Gasteiger partial charge on any atom is 0.254 e. The first-order valence-corrected chi connectivity index (χ1v) is 12.5. The number of carbonyl (C=O) groups is 1. The van der Waals surface area contributed by atoms with Crippen LogP contribution < -0.4 is 9.64 Å². The van der Waals surface area contributed by atoms with Gasteiger partial charge in [0.2, 0.25) is 0 Å². The van der Waals surface area contributed by atoms with Crippen LogP contribution in [0.15, 0.2) is 47.4 Å². The minimum Gasteiger partial charge on any atom is -0.497 e. The standard InChI is InChI=1S/C22H25N3O4S2/c1-15(2)31(27,28)18-6-4-5-16(13-18)21(26)24-9-11-25(12-10-24)22-23-19-8-7-17(29-3)14-20(19)30-22/h4-8,13-15H,9-12H2,1-3H3. The van der Waals surface area contributed by atoms with Crippen molar-refractivity contribution in [1.82, 2.24) is 9.88 Å². The number of benzene rings is 2. The van der Waals surface area contributed by atoms with Crippen LogP contribution in [-0.2, 0) is 9.84 Å². The summed E-state index contributed by atoms with van der Waals surface area (Å²) in [7, 11) is -1.78. The van der Waals surface area contributed by atoms with E-state index in [-0.39, 0.29) is 10.8 Å². The van der Waals surface area contributed by atoms with Gasteiger partial charge in [-0.15, -0.1) is 0 Å². The molecular weight excluding hydrogens is 434 g/mol. The molecule has 0 bridgehead atoms. The fourth-order valence-corrected chi connectivity index (χ4v) is 5.67. The second-order valence-corrected chi connectivity index (χ2v) is 11.2. The van der Waals surface area contributed by atoms with Gasteiger partial charge in [-0.05, 0) is 50.2 Å². The number of thiazole rings is 1. The Bertz CT molecular complexity index is 1210. The summed E-state index contributed by atoms with van der Waals surface area (Å²) in [6.45, 7) is 5.74. The lowest BCUT2D eigenvalue weighted by Crippen LogP contribution is -2.48. The molecule has 1 saturated heterocycles. The van der Waals surface area contributed by atoms with Crippen molar-refractivity contribution < 1.29 is 17.9 Å². The van der Waals surface area contributed by atoms with Crippen molar-refractivity contribution in [3.63, 3.8) is 0 Å². The Hall–Kier alpha value is -2.65. The third-order valence-electron chi connectivity index (χ3n) is 5.45. The first-order valence-electron chi connectivity index (χ1n) is 10.1. The van der Waals surface area contributed by atoms with Gasteiger partial charge in [0.05, 0.1) is 27.5 Å². The Kier molecular flexibility index (Phi) is 5.90. The molecule has 7 nitrogen and oxygen atoms in total. The molecule has 4 rings (SSSR count). The normalized spacial score (nSPS) is 15.0. The molecule has 0 radical (unpaired) electrons. The van der Waals surface area contributed by atoms with Gasteiger partial charge in [-0.3, -0.25) is 4.79 Å². The van der Waals surface area contributed by atoms with E-state index >= 15 is 0 Å². The average Bonchev–Trinajstić information content (AvgIpc) is 3.22. The maximum absolute atomic E-state index is 13.0. The van der Waals surface area contributed by atoms with Gasteiger partial charge in [-0.2, -0.15) is 0 Å². The Morgan fingerprint density at radius 1 is 1.10 bits per heavy atom. The van der Waals surface area contributed by atoms with E-state index in [1.165, 1.54) is 6.07 Å². The first-order chi connectivity index (χ1) is 14.8. The van der Waals surface area contributed by atoms with Crippen LogP contribution in [0.25, 0.3) is 10.2 Å². The molecule has 31 heavy (non-hydrogen) atoms. The highest BCUT2D eigenvalue weighted by Gasteiger charge is 2.26. The van der Waals surface area contributed by atoms with Crippen LogP contribution in [0.2, 0.25) is 0 Å². The van der Waals surface area contributed by atoms with E-state index in [4.69, 9.17) is 9.72 Å². The van der Waals surface area contributed by atoms with Crippen LogP contribution in [0.5, 0.6) is 5.75 Å². The molecule has 3 aromatic rings. The Balaban J connectivity index is 1.46. The van der Waals surface area contributed by atoms with Crippen LogP contribution >= 0.6 is 11.3 Å². The van der Waals surface area contributed by atoms with E-state index in [9.17, 15) is 13.2 Å². The van der Waals surface area contributed by atoms with E-state index < -0.39 is 15.1 Å². The monoisotopic (exact) mass is 459 g/mol. The minimum atomic E-state index is -3.42. The van der Waals surface area contributed by atoms with Crippen molar-refractivity contribution in [2.45, 2.75) is 24.0 Å². The molecule has 1 fully saturated rings. The summed E-state index contributed by atoms with van der Waals surface area (Å²) in [6.07, 6.45) is 0. The Morgan fingerprint density at radius 3 is 2.52 bits per heavy atom. The van der Waals surface area contributed by atoms with E-state index in [0.29, 0.717) is 31.7 Å². The van der Waals surface area contributed by atoms with E-state index in [1.807, 2.05) is 18.2 Å². The summed E-state index contributed by atoms with van der Waals surface area (Å²) in [5, 5.41) is 0.399. The molecule has 9 heteroatoms. The van der Waals surface area contributed by atoms with Gasteiger partial charge in [-0.1, -0.05) is 17.4 Å². The zero-order valence-electron chi connectivity index (χ0n) is 17.7. The van der Waals surface area contributed by atoms with Gasteiger partial charge in [-0.25, -0.2) is 13.4 Å². The van der Waals surface area contributed by atoms with Crippen molar-refractivity contribution in [1.29, 1.82) is 0 Å². The second kappa shape index (κ2) is 8.47. The summed E-state index contributed by atoms with van der Waals surface area (Å²) in [5.74, 6) is 0.661. The predicted octanol–water partition coefficient (Wildman–Crippen LogP) is 3.45. The first kappa shape index (κ1) is 21.6. The largest absolute Gasteiger partial charge is 0.497 e. The summed E-state index contributed by atoms with van der Waals surface area (Å²) in [4.78, 5) is 21.8. The lowest BCUT2D eigenvalue weighted by Gasteiger charge is -2.34. The molecule has 0 spiro atoms. The summed E-state index contributed by atoms with van der Waals surface area (Å²) in [5.41, 5.74) is 1.34. The summed E-state index contributed by atoms with van der Waals surface area (Å²) < 4.78 is 31.3. The number of hydrogen-bond acceptors (Lipinski definition) is 7. The van der Waals surface area contributed by atoms with Gasteiger partial charge in [0.25, 0.3) is 5.91 Å². The molecule has 1 aliphatic heterocycles. The number of fused-ring (bicyclic) bond motifs is 1. The van der Waals surface area contributed by atoms with Crippen molar-refractivity contribution in [2.75, 3.05) is 38.2 Å². The SMILES string of the molecule is COc1ccc2nc(N3CCN(C(=O)c4cccc(S(=O)(=O)C(C)C)c4)CC3)sc2c1. The zero-order chi connectivity index (χ0) is 22.2. The fourth-order valence-electron chi connectivity index (χ4n) is 3.52. The number of piperazine rings is 1. The van der Waals surface area contributed by atoms with Gasteiger partial charge < -0.3 is 14.5 Å². The molecule has 0 N–H and O–H groups in total. The smallest absolute Gasteiger partial charge is 0.254 e. The minimum absolute atomic E-state index is 0.144. The Labute approximate surface area is 186 Å². The number of ether oxygens (including phenoxy) is 1. The van der Waals surface area contributed by atoms with Gasteiger partial charge in [0.1, 0.15) is 5.75 Å². The zero-order valence-corrected chi connectivity index (χ0v) is 19.4. The number of methoxy groups -OCH3 is 1. The highest BCUT2D eigenvalue weighted by molar-refractivity contribution is 7.92. The Morgan fingerprint density at radius 2 is 1.84 bits per heavy atom. The number of amides is 1. The lowest BCUT2D eigenvalue weighted by atomic mass is 10.2. The number of anilines is 1. The third-order valence-corrected chi connectivity index (χ3v) is 8.68. The number of aromatic nitrogens is 1. The van der Waals surface area contributed by atoms with Crippen molar-refractivity contribution >= 4 is 42.4 Å². The number of rotatable bonds is 5. The molecule has 1 aromatic heterocycles. The number of carbonyl (C=O) groups excluding carboxylic acids is 1. The van der Waals surface area contributed by atoms with Crippen molar-refractivity contribution in [3.8, 4) is 5.75 Å². The maximum atomic E-state index is 13.0. The number of sulfone groups is 1. The van der Waals surface area contributed by atoms with E-state index in [2.05, 4.69) is 4.90 Å². The quantitative estimate of drug-likeness (QED) is 0.581. The molecular formula is C22H25N3O4S2. The van der Waals surface area contributed by atoms with Gasteiger partial charge in [0.15, 0.2) is 15.0 Å². The van der Waals surface area contributed by atoms with Gasteiger partial charge >= 0.3 is 0 Å². The molecule has 0 saturated carbocycles. The number of nitrogens with zero attached hydrogens (tertiary/aromatic N) is 3. The topological polar surface area (TPSA) is 79.8 Å². The molecule has 2 aromatic carbocycles. The molecule has 2 heterocycles. The lowest BCUT2D eigenvalue weighted by molar-refractivity contribution is 0.0746. The van der Waals surface area contributed by atoms with Crippen LogP contribution in [0.1, 0.15) is 24.2 Å². The molecule has 0 atom stereocenters. The average molecular weight is 460 g/mol. The van der Waals surface area contributed by atoms with Crippen LogP contribution in [0, 0.1) is 0 Å². The summed E-state index contributed by atoms with van der Waals surface area (Å²) in [6, 6.07) is 12.2. The number of hydrogen-bond donors (Lipinski definition) is 0. The van der Waals surface area contributed by atoms with Crippen LogP contribution in [0.3, 0.4) is 0 Å². The molecule has 164 valence electrons. The molecule has 0 unspecified atom stereocenters. The fraction of sp³-hybridized carbons (Fsp3) is 0.364. The molecule has 1 aliphatic rings.